The van der Waals surface area contributed by atoms with Crippen LogP contribution in [-0.2, 0) is 9.59 Å². The van der Waals surface area contributed by atoms with Gasteiger partial charge in [-0.05, 0) is 79.1 Å². The number of hydrogen-bond acceptors (Lipinski definition) is 5. The molecule has 0 bridgehead atoms. The molecule has 6 nitrogen and oxygen atoms in total. The van der Waals surface area contributed by atoms with Crippen molar-refractivity contribution in [1.82, 2.24) is 4.90 Å². The van der Waals surface area contributed by atoms with E-state index in [1.807, 2.05) is 65.6 Å². The summed E-state index contributed by atoms with van der Waals surface area (Å²) < 4.78 is 9.66. The summed E-state index contributed by atoms with van der Waals surface area (Å²) in [5, 5.41) is 0.586. The van der Waals surface area contributed by atoms with Gasteiger partial charge in [-0.2, -0.15) is 0 Å². The quantitative estimate of drug-likeness (QED) is 0.371. The van der Waals surface area contributed by atoms with Crippen molar-refractivity contribution in [3.05, 3.63) is 83.4 Å². The number of ether oxygens (including phenoxy) is 2. The maximum Gasteiger partial charge on any atom is 0.242 e. The first-order valence-electron chi connectivity index (χ1n) is 12.3. The summed E-state index contributed by atoms with van der Waals surface area (Å²) in [5.41, 5.74) is 1.58. The minimum atomic E-state index is -1.07. The summed E-state index contributed by atoms with van der Waals surface area (Å²) in [6.07, 6.45) is 2.02. The van der Waals surface area contributed by atoms with Gasteiger partial charge in [-0.3, -0.25) is 9.59 Å². The molecule has 0 saturated carbocycles. The minimum absolute atomic E-state index is 0.00329. The predicted molar refractivity (Wildman–Crippen MR) is 147 cm³/mol. The molecule has 5 rings (SSSR count). The van der Waals surface area contributed by atoms with E-state index in [1.54, 1.807) is 31.3 Å². The second kappa shape index (κ2) is 10.7. The van der Waals surface area contributed by atoms with Crippen molar-refractivity contribution in [2.45, 2.75) is 34.9 Å². The van der Waals surface area contributed by atoms with Gasteiger partial charge in [-0.25, -0.2) is 0 Å². The average molecular weight is 537 g/mol. The molecule has 2 aliphatic heterocycles. The molecular formula is C29H29ClN2O4S. The second-order valence-corrected chi connectivity index (χ2v) is 11.1. The van der Waals surface area contributed by atoms with E-state index >= 15 is 0 Å². The van der Waals surface area contributed by atoms with Gasteiger partial charge in [0, 0.05) is 28.7 Å². The lowest BCUT2D eigenvalue weighted by molar-refractivity contribution is -0.133. The van der Waals surface area contributed by atoms with Crippen molar-refractivity contribution in [2.24, 2.45) is 0 Å². The Hall–Kier alpha value is -3.16. The molecule has 2 atom stereocenters. The number of anilines is 1. The molecule has 37 heavy (non-hydrogen) atoms. The lowest BCUT2D eigenvalue weighted by Gasteiger charge is -2.39. The van der Waals surface area contributed by atoms with Gasteiger partial charge in [0.2, 0.25) is 11.8 Å². The summed E-state index contributed by atoms with van der Waals surface area (Å²) in [6.45, 7) is 1.41. The molecule has 192 valence electrons. The molecule has 2 fully saturated rings. The second-order valence-electron chi connectivity index (χ2n) is 9.26. The molecule has 0 aromatic heterocycles. The fourth-order valence-corrected chi connectivity index (χ4v) is 6.81. The van der Waals surface area contributed by atoms with E-state index in [9.17, 15) is 9.59 Å². The van der Waals surface area contributed by atoms with Gasteiger partial charge in [-0.15, -0.1) is 11.8 Å². The summed E-state index contributed by atoms with van der Waals surface area (Å²) in [6, 6.07) is 22.0. The number of rotatable bonds is 7. The zero-order chi connectivity index (χ0) is 26.0. The molecule has 0 unspecified atom stereocenters. The molecular weight excluding hydrogens is 508 g/mol. The van der Waals surface area contributed by atoms with E-state index < -0.39 is 10.8 Å². The Bertz CT molecular complexity index is 1260. The number of hydrogen-bond donors (Lipinski definition) is 0. The zero-order valence-electron chi connectivity index (χ0n) is 20.9. The van der Waals surface area contributed by atoms with Crippen molar-refractivity contribution >= 4 is 40.9 Å². The number of thioether (sulfide) groups is 1. The molecule has 3 aromatic carbocycles. The van der Waals surface area contributed by atoms with Crippen LogP contribution in [0.4, 0.5) is 5.69 Å². The van der Waals surface area contributed by atoms with Crippen LogP contribution in [0.3, 0.4) is 0 Å². The highest BCUT2D eigenvalue weighted by molar-refractivity contribution is 8.01. The van der Waals surface area contributed by atoms with Crippen LogP contribution in [0.25, 0.3) is 0 Å². The molecule has 2 amide bonds. The molecule has 0 spiro atoms. The fraction of sp³-hybridized carbons (Fsp3) is 0.310. The minimum Gasteiger partial charge on any atom is -0.497 e. The van der Waals surface area contributed by atoms with Crippen molar-refractivity contribution in [2.75, 3.05) is 32.2 Å². The topological polar surface area (TPSA) is 59.1 Å². The van der Waals surface area contributed by atoms with Gasteiger partial charge < -0.3 is 19.3 Å². The number of halogens is 1. The molecule has 8 heteroatoms. The van der Waals surface area contributed by atoms with E-state index in [2.05, 4.69) is 0 Å². The number of carbonyl (C=O) groups is 2. The highest BCUT2D eigenvalue weighted by atomic mass is 35.5. The molecule has 2 saturated heterocycles. The Morgan fingerprint density at radius 2 is 1.46 bits per heavy atom. The highest BCUT2D eigenvalue weighted by Crippen LogP contribution is 2.55. The lowest BCUT2D eigenvalue weighted by atomic mass is 9.90. The van der Waals surface area contributed by atoms with Crippen LogP contribution in [-0.4, -0.2) is 48.8 Å². The van der Waals surface area contributed by atoms with Gasteiger partial charge in [-0.1, -0.05) is 23.7 Å². The summed E-state index contributed by atoms with van der Waals surface area (Å²) in [7, 11) is 3.24. The van der Waals surface area contributed by atoms with E-state index in [-0.39, 0.29) is 18.2 Å². The van der Waals surface area contributed by atoms with E-state index in [0.717, 1.165) is 29.1 Å². The highest BCUT2D eigenvalue weighted by Gasteiger charge is 2.59. The van der Waals surface area contributed by atoms with Crippen molar-refractivity contribution in [3.8, 4) is 11.5 Å². The molecule has 2 aliphatic rings. The smallest absolute Gasteiger partial charge is 0.242 e. The van der Waals surface area contributed by atoms with Crippen LogP contribution in [0.5, 0.6) is 11.5 Å². The Morgan fingerprint density at radius 3 is 2.03 bits per heavy atom. The van der Waals surface area contributed by atoms with Gasteiger partial charge >= 0.3 is 0 Å². The van der Waals surface area contributed by atoms with Gasteiger partial charge in [0.25, 0.3) is 0 Å². The monoisotopic (exact) mass is 536 g/mol. The number of amides is 2. The summed E-state index contributed by atoms with van der Waals surface area (Å²) in [5.74, 6) is 1.35. The van der Waals surface area contributed by atoms with Crippen LogP contribution >= 0.6 is 23.4 Å². The Labute approximate surface area is 226 Å². The molecule has 0 radical (unpaired) electrons. The number of benzene rings is 3. The van der Waals surface area contributed by atoms with Gasteiger partial charge in [0.15, 0.2) is 0 Å². The first kappa shape index (κ1) is 25.5. The third kappa shape index (κ3) is 4.90. The maximum absolute atomic E-state index is 14.4. The van der Waals surface area contributed by atoms with Crippen LogP contribution in [0.2, 0.25) is 5.02 Å². The van der Waals surface area contributed by atoms with Crippen molar-refractivity contribution in [3.63, 3.8) is 0 Å². The van der Waals surface area contributed by atoms with E-state index in [1.165, 1.54) is 11.8 Å². The first-order chi connectivity index (χ1) is 17.9. The number of methoxy groups -OCH3 is 2. The molecule has 3 aromatic rings. The summed E-state index contributed by atoms with van der Waals surface area (Å²) in [4.78, 5) is 32.9. The predicted octanol–water partition coefficient (Wildman–Crippen LogP) is 5.99. The van der Waals surface area contributed by atoms with Crippen molar-refractivity contribution in [1.29, 1.82) is 0 Å². The van der Waals surface area contributed by atoms with Gasteiger partial charge in [0.05, 0.1) is 26.7 Å². The van der Waals surface area contributed by atoms with E-state index in [0.29, 0.717) is 29.5 Å². The third-order valence-corrected chi connectivity index (χ3v) is 8.70. The van der Waals surface area contributed by atoms with Crippen LogP contribution in [0, 0.1) is 0 Å². The van der Waals surface area contributed by atoms with Crippen LogP contribution in [0.15, 0.2) is 77.7 Å². The molecule has 0 aliphatic carbocycles. The van der Waals surface area contributed by atoms with Gasteiger partial charge in [0.1, 0.15) is 16.2 Å². The number of carbonyl (C=O) groups excluding carboxylic acids is 2. The third-order valence-electron chi connectivity index (χ3n) is 7.03. The fourth-order valence-electron chi connectivity index (χ4n) is 5.23. The van der Waals surface area contributed by atoms with E-state index in [4.69, 9.17) is 21.1 Å². The summed E-state index contributed by atoms with van der Waals surface area (Å²) >= 11 is 7.64. The Balaban J connectivity index is 1.67. The number of nitrogens with zero attached hydrogens (tertiary/aromatic N) is 2. The molecule has 0 N–H and O–H groups in total. The lowest BCUT2D eigenvalue weighted by Crippen LogP contribution is -2.49. The van der Waals surface area contributed by atoms with Crippen molar-refractivity contribution < 1.29 is 19.1 Å². The van der Waals surface area contributed by atoms with Crippen LogP contribution < -0.4 is 14.4 Å². The number of likely N-dealkylation sites (tertiary alicyclic amines) is 1. The SMILES string of the molecule is COc1ccc(S[C@]2(C(=O)N3CCCC3)CC(=O)N(c3ccc(Cl)cc3)[C@@H]2c2ccc(OC)cc2)cc1. The molecule has 2 heterocycles. The average Bonchev–Trinajstić information content (AvgIpc) is 3.56. The Morgan fingerprint density at radius 1 is 0.892 bits per heavy atom. The zero-order valence-corrected chi connectivity index (χ0v) is 22.4. The largest absolute Gasteiger partial charge is 0.497 e. The standard InChI is InChI=1S/C29H29ClN2O4S/c1-35-23-11-5-20(6-12-23)27-29(28(34)31-17-3-4-18-31,37-25-15-13-24(36-2)14-16-25)19-26(33)32(27)22-9-7-21(30)8-10-22/h5-16,27H,3-4,17-19H2,1-2H3/t27-,29-/m1/s1. The first-order valence-corrected chi connectivity index (χ1v) is 13.5. The Kier molecular flexibility index (Phi) is 7.36. The van der Waals surface area contributed by atoms with Crippen LogP contribution in [0.1, 0.15) is 30.9 Å². The maximum atomic E-state index is 14.4. The normalized spacial score (nSPS) is 21.4.